The van der Waals surface area contributed by atoms with Gasteiger partial charge in [0.25, 0.3) is 0 Å². The number of hydrogen-bond acceptors (Lipinski definition) is 3. The molecule has 0 aliphatic heterocycles. The van der Waals surface area contributed by atoms with Gasteiger partial charge < -0.3 is 10.1 Å². The summed E-state index contributed by atoms with van der Waals surface area (Å²) in [7, 11) is 2.14. The van der Waals surface area contributed by atoms with E-state index < -0.39 is 0 Å². The van der Waals surface area contributed by atoms with Gasteiger partial charge in [-0.15, -0.1) is 0 Å². The highest BCUT2D eigenvalue weighted by Gasteiger charge is 2.01. The second kappa shape index (κ2) is 9.92. The predicted octanol–water partition coefficient (Wildman–Crippen LogP) is 2.90. The number of hydrogen-bond donors (Lipinski definition) is 1. The molecule has 1 aromatic carbocycles. The fourth-order valence-corrected chi connectivity index (χ4v) is 2.02. The molecule has 1 N–H and O–H groups in total. The number of ether oxygens (including phenoxy) is 1. The van der Waals surface area contributed by atoms with Crippen LogP contribution in [0.3, 0.4) is 0 Å². The highest BCUT2D eigenvalue weighted by atomic mass is 16.5. The second-order valence-corrected chi connectivity index (χ2v) is 5.78. The van der Waals surface area contributed by atoms with Crippen LogP contribution in [0.15, 0.2) is 24.3 Å². The van der Waals surface area contributed by atoms with Crippen LogP contribution in [0.4, 0.5) is 0 Å². The number of likely N-dealkylation sites (N-methyl/N-ethyl adjacent to an activating group) is 1. The molecular weight excluding hydrogens is 248 g/mol. The van der Waals surface area contributed by atoms with Gasteiger partial charge in [-0.25, -0.2) is 0 Å². The van der Waals surface area contributed by atoms with E-state index in [4.69, 9.17) is 4.74 Å². The molecule has 0 saturated heterocycles. The molecule has 0 unspecified atom stereocenters. The van der Waals surface area contributed by atoms with Gasteiger partial charge >= 0.3 is 0 Å². The first kappa shape index (κ1) is 17.2. The van der Waals surface area contributed by atoms with E-state index in [2.05, 4.69) is 55.4 Å². The Kier molecular flexibility index (Phi) is 8.51. The molecule has 0 aliphatic carbocycles. The van der Waals surface area contributed by atoms with Crippen molar-refractivity contribution in [3.05, 3.63) is 35.4 Å². The van der Waals surface area contributed by atoms with Crippen LogP contribution in [-0.2, 0) is 17.8 Å². The molecule has 1 aromatic rings. The van der Waals surface area contributed by atoms with Gasteiger partial charge in [-0.05, 0) is 37.6 Å². The average Bonchev–Trinajstić information content (AvgIpc) is 2.41. The molecule has 0 aliphatic rings. The molecule has 0 radical (unpaired) electrons. The summed E-state index contributed by atoms with van der Waals surface area (Å²) in [5.74, 6) is 0.702. The van der Waals surface area contributed by atoms with Crippen molar-refractivity contribution in [1.29, 1.82) is 0 Å². The maximum absolute atomic E-state index is 5.37. The van der Waals surface area contributed by atoms with Gasteiger partial charge in [0.1, 0.15) is 0 Å². The molecule has 0 heterocycles. The van der Waals surface area contributed by atoms with Crippen LogP contribution in [0.1, 0.15) is 31.9 Å². The third kappa shape index (κ3) is 7.63. The molecule has 20 heavy (non-hydrogen) atoms. The van der Waals surface area contributed by atoms with Crippen LogP contribution >= 0.6 is 0 Å². The number of nitrogens with one attached hydrogen (secondary N) is 1. The molecule has 0 saturated carbocycles. The van der Waals surface area contributed by atoms with E-state index >= 15 is 0 Å². The molecule has 0 aromatic heterocycles. The summed E-state index contributed by atoms with van der Waals surface area (Å²) >= 11 is 0. The lowest BCUT2D eigenvalue weighted by Gasteiger charge is -2.16. The summed E-state index contributed by atoms with van der Waals surface area (Å²) in [6.45, 7) is 12.1. The molecule has 0 bridgehead atoms. The normalized spacial score (nSPS) is 11.5. The van der Waals surface area contributed by atoms with Crippen molar-refractivity contribution in [1.82, 2.24) is 10.2 Å². The number of nitrogens with zero attached hydrogens (tertiary/aromatic N) is 1. The number of rotatable bonds is 10. The maximum Gasteiger partial charge on any atom is 0.0593 e. The van der Waals surface area contributed by atoms with Crippen LogP contribution in [-0.4, -0.2) is 38.3 Å². The highest BCUT2D eigenvalue weighted by molar-refractivity contribution is 5.22. The Morgan fingerprint density at radius 3 is 2.40 bits per heavy atom. The van der Waals surface area contributed by atoms with E-state index in [9.17, 15) is 0 Å². The maximum atomic E-state index is 5.37. The SMILES string of the molecule is CCOCCN(C)Cc1ccc(CNCC(C)C)cc1. The van der Waals surface area contributed by atoms with E-state index in [1.165, 1.54) is 11.1 Å². The Labute approximate surface area is 124 Å². The van der Waals surface area contributed by atoms with Crippen LogP contribution < -0.4 is 5.32 Å². The zero-order valence-corrected chi connectivity index (χ0v) is 13.5. The standard InChI is InChI=1S/C17H30N2O/c1-5-20-11-10-19(4)14-17-8-6-16(7-9-17)13-18-12-15(2)3/h6-9,15,18H,5,10-14H2,1-4H3. The van der Waals surface area contributed by atoms with Crippen molar-refractivity contribution in [2.45, 2.75) is 33.9 Å². The predicted molar refractivity (Wildman–Crippen MR) is 85.8 cm³/mol. The Morgan fingerprint density at radius 2 is 1.80 bits per heavy atom. The topological polar surface area (TPSA) is 24.5 Å². The summed E-state index contributed by atoms with van der Waals surface area (Å²) in [4.78, 5) is 2.29. The number of benzene rings is 1. The third-order valence-corrected chi connectivity index (χ3v) is 3.18. The molecule has 0 atom stereocenters. The zero-order valence-electron chi connectivity index (χ0n) is 13.5. The van der Waals surface area contributed by atoms with E-state index in [1.807, 2.05) is 6.92 Å². The van der Waals surface area contributed by atoms with Crippen LogP contribution in [0, 0.1) is 5.92 Å². The largest absolute Gasteiger partial charge is 0.380 e. The minimum Gasteiger partial charge on any atom is -0.380 e. The van der Waals surface area contributed by atoms with E-state index in [-0.39, 0.29) is 0 Å². The van der Waals surface area contributed by atoms with Gasteiger partial charge in [0.15, 0.2) is 0 Å². The van der Waals surface area contributed by atoms with E-state index in [0.29, 0.717) is 5.92 Å². The van der Waals surface area contributed by atoms with Gasteiger partial charge in [-0.3, -0.25) is 4.90 Å². The first-order chi connectivity index (χ1) is 9.61. The molecular formula is C17H30N2O. The van der Waals surface area contributed by atoms with E-state index in [1.54, 1.807) is 0 Å². The Morgan fingerprint density at radius 1 is 1.15 bits per heavy atom. The zero-order chi connectivity index (χ0) is 14.8. The van der Waals surface area contributed by atoms with Crippen molar-refractivity contribution in [3.8, 4) is 0 Å². The minimum absolute atomic E-state index is 0.702. The molecule has 0 fully saturated rings. The van der Waals surface area contributed by atoms with Crippen molar-refractivity contribution >= 4 is 0 Å². The molecule has 1 rings (SSSR count). The molecule has 3 heteroatoms. The summed E-state index contributed by atoms with van der Waals surface area (Å²) < 4.78 is 5.37. The van der Waals surface area contributed by atoms with Crippen molar-refractivity contribution in [2.75, 3.05) is 33.4 Å². The lowest BCUT2D eigenvalue weighted by molar-refractivity contribution is 0.120. The quantitative estimate of drug-likeness (QED) is 0.666. The smallest absolute Gasteiger partial charge is 0.0593 e. The molecule has 3 nitrogen and oxygen atoms in total. The van der Waals surface area contributed by atoms with Gasteiger partial charge in [0, 0.05) is 26.2 Å². The van der Waals surface area contributed by atoms with Gasteiger partial charge in [0.2, 0.25) is 0 Å². The third-order valence-electron chi connectivity index (χ3n) is 3.18. The van der Waals surface area contributed by atoms with Crippen molar-refractivity contribution in [3.63, 3.8) is 0 Å². The van der Waals surface area contributed by atoms with Gasteiger partial charge in [0.05, 0.1) is 6.61 Å². The van der Waals surface area contributed by atoms with Crippen LogP contribution in [0.25, 0.3) is 0 Å². The highest BCUT2D eigenvalue weighted by Crippen LogP contribution is 2.07. The Bertz CT molecular complexity index is 349. The monoisotopic (exact) mass is 278 g/mol. The fourth-order valence-electron chi connectivity index (χ4n) is 2.02. The first-order valence-electron chi connectivity index (χ1n) is 7.66. The van der Waals surface area contributed by atoms with E-state index in [0.717, 1.165) is 39.4 Å². The fraction of sp³-hybridized carbons (Fsp3) is 0.647. The van der Waals surface area contributed by atoms with Crippen molar-refractivity contribution < 1.29 is 4.74 Å². The average molecular weight is 278 g/mol. The van der Waals surface area contributed by atoms with Crippen LogP contribution in [0.2, 0.25) is 0 Å². The molecule has 0 amide bonds. The Balaban J connectivity index is 2.30. The summed E-state index contributed by atoms with van der Waals surface area (Å²) in [6, 6.07) is 8.89. The Hall–Kier alpha value is -0.900. The first-order valence-corrected chi connectivity index (χ1v) is 7.66. The second-order valence-electron chi connectivity index (χ2n) is 5.78. The minimum atomic E-state index is 0.702. The lowest BCUT2D eigenvalue weighted by atomic mass is 10.1. The summed E-state index contributed by atoms with van der Waals surface area (Å²) in [6.07, 6.45) is 0. The van der Waals surface area contributed by atoms with Gasteiger partial charge in [-0.1, -0.05) is 38.1 Å². The molecule has 0 spiro atoms. The summed E-state index contributed by atoms with van der Waals surface area (Å²) in [5, 5.41) is 3.47. The lowest BCUT2D eigenvalue weighted by Crippen LogP contribution is -2.22. The van der Waals surface area contributed by atoms with Gasteiger partial charge in [-0.2, -0.15) is 0 Å². The molecule has 114 valence electrons. The van der Waals surface area contributed by atoms with Crippen LogP contribution in [0.5, 0.6) is 0 Å². The van der Waals surface area contributed by atoms with Crippen molar-refractivity contribution in [2.24, 2.45) is 5.92 Å². The summed E-state index contributed by atoms with van der Waals surface area (Å²) in [5.41, 5.74) is 2.71.